The van der Waals surface area contributed by atoms with Gasteiger partial charge >= 0.3 is 0 Å². The molecule has 0 unspecified atom stereocenters. The van der Waals surface area contributed by atoms with Crippen LogP contribution < -0.4 is 0 Å². The Morgan fingerprint density at radius 3 is 2.06 bits per heavy atom. The first-order valence-corrected chi connectivity index (χ1v) is 9.90. The molecule has 0 saturated carbocycles. The van der Waals surface area contributed by atoms with Crippen molar-refractivity contribution in [3.05, 3.63) is 88.7 Å². The fourth-order valence-electron chi connectivity index (χ4n) is 2.76. The van der Waals surface area contributed by atoms with Crippen LogP contribution in [0.3, 0.4) is 0 Å². The highest BCUT2D eigenvalue weighted by molar-refractivity contribution is 7.78. The zero-order valence-electron chi connectivity index (χ0n) is 16.6. The first-order valence-electron chi connectivity index (χ1n) is 9.49. The van der Waals surface area contributed by atoms with Gasteiger partial charge in [-0.3, -0.25) is 0 Å². The van der Waals surface area contributed by atoms with Crippen molar-refractivity contribution in [1.82, 2.24) is 0 Å². The van der Waals surface area contributed by atoms with Crippen molar-refractivity contribution in [2.24, 2.45) is 4.99 Å². The van der Waals surface area contributed by atoms with Crippen LogP contribution in [0.4, 0.5) is 18.9 Å². The number of thiocarbonyl (C=S) groups is 1. The van der Waals surface area contributed by atoms with Gasteiger partial charge in [-0.05, 0) is 66.2 Å². The molecule has 0 aliphatic rings. The van der Waals surface area contributed by atoms with Crippen LogP contribution >= 0.6 is 12.2 Å². The summed E-state index contributed by atoms with van der Waals surface area (Å²) in [6.45, 7) is 2.07. The summed E-state index contributed by atoms with van der Waals surface area (Å²) in [7, 11) is 0. The average molecular weight is 431 g/mol. The molecular formula is C26H16F3NS. The number of nitrogens with zero attached hydrogens (tertiary/aromatic N) is 1. The Morgan fingerprint density at radius 1 is 0.774 bits per heavy atom. The predicted octanol–water partition coefficient (Wildman–Crippen LogP) is 7.06. The van der Waals surface area contributed by atoms with E-state index >= 15 is 0 Å². The van der Waals surface area contributed by atoms with Gasteiger partial charge in [-0.1, -0.05) is 48.8 Å². The van der Waals surface area contributed by atoms with Crippen molar-refractivity contribution in [2.45, 2.75) is 19.8 Å². The Hall–Kier alpha value is -3.63. The van der Waals surface area contributed by atoms with E-state index in [-0.39, 0.29) is 11.1 Å². The lowest BCUT2D eigenvalue weighted by atomic mass is 10.0. The predicted molar refractivity (Wildman–Crippen MR) is 121 cm³/mol. The minimum atomic E-state index is -0.916. The highest BCUT2D eigenvalue weighted by Gasteiger charge is 2.09. The molecule has 3 aromatic rings. The lowest BCUT2D eigenvalue weighted by Crippen LogP contribution is -1.88. The second-order valence-electron chi connectivity index (χ2n) is 6.57. The van der Waals surface area contributed by atoms with Crippen LogP contribution in [0.25, 0.3) is 11.1 Å². The summed E-state index contributed by atoms with van der Waals surface area (Å²) in [4.78, 5) is 3.34. The zero-order chi connectivity index (χ0) is 22.2. The first kappa shape index (κ1) is 22.1. The number of unbranched alkanes of at least 4 members (excludes halogenated alkanes) is 1. The summed E-state index contributed by atoms with van der Waals surface area (Å²) >= 11 is 4.36. The van der Waals surface area contributed by atoms with E-state index in [0.29, 0.717) is 5.56 Å². The molecule has 5 heteroatoms. The van der Waals surface area contributed by atoms with Crippen LogP contribution in [-0.4, -0.2) is 5.16 Å². The lowest BCUT2D eigenvalue weighted by Gasteiger charge is -2.04. The number of aliphatic imine (C=N–C) groups is 1. The van der Waals surface area contributed by atoms with Gasteiger partial charge < -0.3 is 0 Å². The molecule has 3 aromatic carbocycles. The van der Waals surface area contributed by atoms with E-state index in [1.165, 1.54) is 12.1 Å². The smallest absolute Gasteiger partial charge is 0.153 e. The second kappa shape index (κ2) is 10.4. The summed E-state index contributed by atoms with van der Waals surface area (Å²) < 4.78 is 42.3. The van der Waals surface area contributed by atoms with Crippen molar-refractivity contribution in [2.75, 3.05) is 0 Å². The summed E-state index contributed by atoms with van der Waals surface area (Å²) in [5.74, 6) is 8.99. The number of hydrogen-bond acceptors (Lipinski definition) is 2. The SMILES string of the molecule is CCCC#Cc1ccc(-c2ccc(C#Cc3cc(F)c(N=C=S)c(F)c3)c(F)c2)cc1. The van der Waals surface area contributed by atoms with E-state index < -0.39 is 23.1 Å². The molecule has 0 amide bonds. The third-order valence-electron chi connectivity index (χ3n) is 4.31. The Bertz CT molecular complexity index is 1260. The molecule has 0 spiro atoms. The fraction of sp³-hybridized carbons (Fsp3) is 0.115. The van der Waals surface area contributed by atoms with Crippen LogP contribution in [-0.2, 0) is 0 Å². The highest BCUT2D eigenvalue weighted by Crippen LogP contribution is 2.24. The van der Waals surface area contributed by atoms with Crippen LogP contribution in [0.1, 0.15) is 36.5 Å². The standard InChI is InChI=1S/C26H16F3NS/c1-2-3-4-5-18-6-9-20(10-7-18)22-13-12-21(23(27)16-22)11-8-19-14-24(28)26(30-17-31)25(29)15-19/h6-7,9-10,12-16H,2-3H2,1H3. The minimum Gasteiger partial charge on any atom is -0.206 e. The van der Waals surface area contributed by atoms with Crippen molar-refractivity contribution in [3.63, 3.8) is 0 Å². The molecule has 0 saturated heterocycles. The van der Waals surface area contributed by atoms with Gasteiger partial charge in [0, 0.05) is 17.5 Å². The van der Waals surface area contributed by atoms with Gasteiger partial charge in [0.05, 0.1) is 10.7 Å². The number of isothiocyanates is 1. The molecule has 0 aromatic heterocycles. The molecule has 0 aliphatic heterocycles. The lowest BCUT2D eigenvalue weighted by molar-refractivity contribution is 0.587. The molecule has 0 aliphatic carbocycles. The maximum absolute atomic E-state index is 14.5. The van der Waals surface area contributed by atoms with Gasteiger partial charge in [0.15, 0.2) is 11.6 Å². The molecule has 0 fully saturated rings. The van der Waals surface area contributed by atoms with Gasteiger partial charge in [-0.25, -0.2) is 13.2 Å². The Balaban J connectivity index is 1.83. The Kier molecular flexibility index (Phi) is 7.41. The fourth-order valence-corrected chi connectivity index (χ4v) is 2.85. The van der Waals surface area contributed by atoms with Crippen LogP contribution in [0.2, 0.25) is 0 Å². The van der Waals surface area contributed by atoms with Gasteiger partial charge in [0.1, 0.15) is 11.5 Å². The molecule has 31 heavy (non-hydrogen) atoms. The molecule has 152 valence electrons. The summed E-state index contributed by atoms with van der Waals surface area (Å²) in [6.07, 6.45) is 1.86. The second-order valence-corrected chi connectivity index (χ2v) is 6.75. The van der Waals surface area contributed by atoms with Crippen LogP contribution in [0.15, 0.2) is 59.6 Å². The van der Waals surface area contributed by atoms with Gasteiger partial charge in [-0.2, -0.15) is 4.99 Å². The van der Waals surface area contributed by atoms with E-state index in [0.717, 1.165) is 36.1 Å². The third-order valence-corrected chi connectivity index (χ3v) is 4.40. The van der Waals surface area contributed by atoms with E-state index in [1.54, 1.807) is 6.07 Å². The molecule has 1 nitrogen and oxygen atoms in total. The van der Waals surface area contributed by atoms with E-state index in [4.69, 9.17) is 0 Å². The minimum absolute atomic E-state index is 0.0570. The summed E-state index contributed by atoms with van der Waals surface area (Å²) in [6, 6.07) is 14.2. The maximum atomic E-state index is 14.5. The number of halogens is 3. The Labute approximate surface area is 184 Å². The first-order chi connectivity index (χ1) is 15.0. The van der Waals surface area contributed by atoms with Crippen molar-refractivity contribution >= 4 is 23.1 Å². The Morgan fingerprint density at radius 2 is 1.45 bits per heavy atom. The molecule has 0 bridgehead atoms. The number of rotatable bonds is 3. The van der Waals surface area contributed by atoms with Gasteiger partial charge in [0.25, 0.3) is 0 Å². The van der Waals surface area contributed by atoms with Gasteiger partial charge in [0.2, 0.25) is 0 Å². The third kappa shape index (κ3) is 5.71. The molecule has 0 radical (unpaired) electrons. The van der Waals surface area contributed by atoms with Crippen LogP contribution in [0.5, 0.6) is 0 Å². The topological polar surface area (TPSA) is 12.4 Å². The van der Waals surface area contributed by atoms with Crippen LogP contribution in [0, 0.1) is 41.1 Å². The number of benzene rings is 3. The zero-order valence-corrected chi connectivity index (χ0v) is 17.4. The van der Waals surface area contributed by atoms with Crippen molar-refractivity contribution < 1.29 is 13.2 Å². The summed E-state index contributed by atoms with van der Waals surface area (Å²) in [5.41, 5.74) is 2.09. The average Bonchev–Trinajstić information content (AvgIpc) is 2.76. The van der Waals surface area contributed by atoms with E-state index in [9.17, 15) is 13.2 Å². The normalized spacial score (nSPS) is 9.68. The quantitative estimate of drug-likeness (QED) is 0.246. The largest absolute Gasteiger partial charge is 0.206 e. The molecule has 0 atom stereocenters. The molecule has 0 N–H and O–H groups in total. The van der Waals surface area contributed by atoms with Crippen molar-refractivity contribution in [1.29, 1.82) is 0 Å². The maximum Gasteiger partial charge on any atom is 0.153 e. The van der Waals surface area contributed by atoms with Gasteiger partial charge in [-0.15, -0.1) is 0 Å². The van der Waals surface area contributed by atoms with E-state index in [1.807, 2.05) is 29.4 Å². The van der Waals surface area contributed by atoms with E-state index in [2.05, 4.69) is 47.8 Å². The molecule has 0 heterocycles. The highest BCUT2D eigenvalue weighted by atomic mass is 32.1. The van der Waals surface area contributed by atoms with Crippen molar-refractivity contribution in [3.8, 4) is 34.8 Å². The number of hydrogen-bond donors (Lipinski definition) is 0. The molecule has 3 rings (SSSR count). The monoisotopic (exact) mass is 431 g/mol. The summed E-state index contributed by atoms with van der Waals surface area (Å²) in [5, 5.41) is 1.92. The molecular weight excluding hydrogens is 415 g/mol.